The van der Waals surface area contributed by atoms with Crippen molar-refractivity contribution in [3.8, 4) is 0 Å². The number of aromatic nitrogens is 2. The average Bonchev–Trinajstić information content (AvgIpc) is 2.32. The molecule has 2 aromatic heterocycles. The fourth-order valence-electron chi connectivity index (χ4n) is 1.30. The number of carbonyl (C=O) groups is 1. The second-order valence-corrected chi connectivity index (χ2v) is 3.91. The Labute approximate surface area is 104 Å². The first kappa shape index (κ1) is 11.5. The topological polar surface area (TPSA) is 54.9 Å². The van der Waals surface area contributed by atoms with Crippen LogP contribution in [0, 0.1) is 6.92 Å². The molecule has 1 N–H and O–H groups in total. The number of pyridine rings is 2. The lowest BCUT2D eigenvalue weighted by molar-refractivity contribution is 0.102. The molecule has 86 valence electrons. The molecule has 5 heteroatoms. The van der Waals surface area contributed by atoms with Gasteiger partial charge in [0.2, 0.25) is 0 Å². The van der Waals surface area contributed by atoms with Crippen molar-refractivity contribution in [2.45, 2.75) is 6.92 Å². The molecule has 0 unspecified atom stereocenters. The second-order valence-electron chi connectivity index (χ2n) is 3.50. The van der Waals surface area contributed by atoms with E-state index in [1.807, 2.05) is 13.0 Å². The van der Waals surface area contributed by atoms with E-state index in [2.05, 4.69) is 15.3 Å². The van der Waals surface area contributed by atoms with Crippen LogP contribution in [0.4, 0.5) is 5.69 Å². The molecular weight excluding hydrogens is 238 g/mol. The summed E-state index contributed by atoms with van der Waals surface area (Å²) in [6.45, 7) is 1.88. The molecule has 0 fully saturated rings. The maximum Gasteiger partial charge on any atom is 0.257 e. The van der Waals surface area contributed by atoms with Gasteiger partial charge in [-0.3, -0.25) is 14.8 Å². The summed E-state index contributed by atoms with van der Waals surface area (Å²) in [6, 6.07) is 5.18. The minimum absolute atomic E-state index is 0.275. The molecule has 0 saturated heterocycles. The SMILES string of the molecule is Cc1ccc(NC(=O)c2ccncc2Cl)cn1. The summed E-state index contributed by atoms with van der Waals surface area (Å²) in [5.74, 6) is -0.275. The molecule has 17 heavy (non-hydrogen) atoms. The molecule has 0 aliphatic rings. The molecule has 0 aromatic carbocycles. The van der Waals surface area contributed by atoms with E-state index in [1.165, 1.54) is 12.4 Å². The first-order valence-corrected chi connectivity index (χ1v) is 5.38. The fourth-order valence-corrected chi connectivity index (χ4v) is 1.50. The molecule has 0 radical (unpaired) electrons. The number of nitrogens with one attached hydrogen (secondary N) is 1. The highest BCUT2D eigenvalue weighted by Crippen LogP contribution is 2.15. The molecule has 4 nitrogen and oxygen atoms in total. The van der Waals surface area contributed by atoms with Crippen molar-refractivity contribution in [2.75, 3.05) is 5.32 Å². The molecule has 0 atom stereocenters. The standard InChI is InChI=1S/C12H10ClN3O/c1-8-2-3-9(6-15-8)16-12(17)10-4-5-14-7-11(10)13/h2-7H,1H3,(H,16,17). The largest absolute Gasteiger partial charge is 0.321 e. The van der Waals surface area contributed by atoms with Gasteiger partial charge in [-0.1, -0.05) is 11.6 Å². The third kappa shape index (κ3) is 2.79. The van der Waals surface area contributed by atoms with E-state index >= 15 is 0 Å². The monoisotopic (exact) mass is 247 g/mol. The lowest BCUT2D eigenvalue weighted by Crippen LogP contribution is -2.12. The van der Waals surface area contributed by atoms with Gasteiger partial charge < -0.3 is 5.32 Å². The van der Waals surface area contributed by atoms with Crippen LogP contribution < -0.4 is 5.32 Å². The van der Waals surface area contributed by atoms with E-state index in [0.717, 1.165) is 5.69 Å². The zero-order valence-corrected chi connectivity index (χ0v) is 9.90. The molecule has 2 aromatic rings. The van der Waals surface area contributed by atoms with Crippen LogP contribution in [0.25, 0.3) is 0 Å². The number of halogens is 1. The molecule has 0 aliphatic carbocycles. The van der Waals surface area contributed by atoms with Crippen molar-refractivity contribution in [1.29, 1.82) is 0 Å². The van der Waals surface area contributed by atoms with Crippen LogP contribution in [-0.2, 0) is 0 Å². The third-order valence-corrected chi connectivity index (χ3v) is 2.49. The molecule has 0 saturated carbocycles. The number of carbonyl (C=O) groups excluding carboxylic acids is 1. The normalized spacial score (nSPS) is 10.0. The van der Waals surface area contributed by atoms with Crippen LogP contribution in [0.2, 0.25) is 5.02 Å². The first-order chi connectivity index (χ1) is 8.16. The predicted octanol–water partition coefficient (Wildman–Crippen LogP) is 2.69. The van der Waals surface area contributed by atoms with Crippen molar-refractivity contribution in [1.82, 2.24) is 9.97 Å². The molecule has 2 heterocycles. The zero-order valence-electron chi connectivity index (χ0n) is 9.14. The fraction of sp³-hybridized carbons (Fsp3) is 0.0833. The number of aryl methyl sites for hydroxylation is 1. The van der Waals surface area contributed by atoms with Crippen LogP contribution in [0.5, 0.6) is 0 Å². The maximum atomic E-state index is 11.9. The molecular formula is C12H10ClN3O. The Morgan fingerprint density at radius 2 is 2.12 bits per heavy atom. The van der Waals surface area contributed by atoms with Gasteiger partial charge in [0.25, 0.3) is 5.91 Å². The van der Waals surface area contributed by atoms with Crippen LogP contribution in [0.1, 0.15) is 16.1 Å². The lowest BCUT2D eigenvalue weighted by Gasteiger charge is -2.05. The maximum absolute atomic E-state index is 11.9. The smallest absolute Gasteiger partial charge is 0.257 e. The highest BCUT2D eigenvalue weighted by Gasteiger charge is 2.09. The predicted molar refractivity (Wildman–Crippen MR) is 66.2 cm³/mol. The van der Waals surface area contributed by atoms with Crippen molar-refractivity contribution in [3.63, 3.8) is 0 Å². The van der Waals surface area contributed by atoms with Crippen molar-refractivity contribution >= 4 is 23.2 Å². The Morgan fingerprint density at radius 1 is 1.29 bits per heavy atom. The third-order valence-electron chi connectivity index (χ3n) is 2.19. The Morgan fingerprint density at radius 3 is 2.76 bits per heavy atom. The summed E-state index contributed by atoms with van der Waals surface area (Å²) in [4.78, 5) is 19.8. The summed E-state index contributed by atoms with van der Waals surface area (Å²) >= 11 is 5.87. The summed E-state index contributed by atoms with van der Waals surface area (Å²) in [5.41, 5.74) is 1.92. The van der Waals surface area contributed by atoms with Gasteiger partial charge in [0.15, 0.2) is 0 Å². The van der Waals surface area contributed by atoms with Gasteiger partial charge in [0.1, 0.15) is 0 Å². The average molecular weight is 248 g/mol. The molecule has 0 aliphatic heterocycles. The lowest BCUT2D eigenvalue weighted by atomic mass is 10.2. The second kappa shape index (κ2) is 4.93. The molecule has 0 bridgehead atoms. The number of hydrogen-bond donors (Lipinski definition) is 1. The number of amides is 1. The number of hydrogen-bond acceptors (Lipinski definition) is 3. The summed E-state index contributed by atoms with van der Waals surface area (Å²) in [7, 11) is 0. The van der Waals surface area contributed by atoms with Gasteiger partial charge in [-0.25, -0.2) is 0 Å². The minimum Gasteiger partial charge on any atom is -0.321 e. The van der Waals surface area contributed by atoms with E-state index in [9.17, 15) is 4.79 Å². The van der Waals surface area contributed by atoms with Gasteiger partial charge >= 0.3 is 0 Å². The molecule has 0 spiro atoms. The summed E-state index contributed by atoms with van der Waals surface area (Å²) in [6.07, 6.45) is 4.56. The number of rotatable bonds is 2. The number of nitrogens with zero attached hydrogens (tertiary/aromatic N) is 2. The van der Waals surface area contributed by atoms with E-state index in [-0.39, 0.29) is 5.91 Å². The van der Waals surface area contributed by atoms with Crippen LogP contribution in [-0.4, -0.2) is 15.9 Å². The van der Waals surface area contributed by atoms with E-state index in [0.29, 0.717) is 16.3 Å². The van der Waals surface area contributed by atoms with Gasteiger partial charge in [-0.15, -0.1) is 0 Å². The van der Waals surface area contributed by atoms with Gasteiger partial charge in [0, 0.05) is 18.1 Å². The minimum atomic E-state index is -0.275. The van der Waals surface area contributed by atoms with Crippen molar-refractivity contribution in [3.05, 3.63) is 53.1 Å². The quantitative estimate of drug-likeness (QED) is 0.888. The Balaban J connectivity index is 2.17. The van der Waals surface area contributed by atoms with Crippen LogP contribution in [0.15, 0.2) is 36.8 Å². The van der Waals surface area contributed by atoms with Crippen molar-refractivity contribution < 1.29 is 4.79 Å². The van der Waals surface area contributed by atoms with Crippen LogP contribution in [0.3, 0.4) is 0 Å². The van der Waals surface area contributed by atoms with Crippen LogP contribution >= 0.6 is 11.6 Å². The summed E-state index contributed by atoms with van der Waals surface area (Å²) < 4.78 is 0. The van der Waals surface area contributed by atoms with E-state index < -0.39 is 0 Å². The Bertz CT molecular complexity index is 540. The van der Waals surface area contributed by atoms with E-state index in [4.69, 9.17) is 11.6 Å². The van der Waals surface area contributed by atoms with Gasteiger partial charge in [0.05, 0.1) is 22.5 Å². The Kier molecular flexibility index (Phi) is 3.35. The van der Waals surface area contributed by atoms with Crippen molar-refractivity contribution in [2.24, 2.45) is 0 Å². The molecule has 2 rings (SSSR count). The number of anilines is 1. The highest BCUT2D eigenvalue weighted by molar-refractivity contribution is 6.34. The van der Waals surface area contributed by atoms with Gasteiger partial charge in [-0.2, -0.15) is 0 Å². The van der Waals surface area contributed by atoms with Gasteiger partial charge in [-0.05, 0) is 25.1 Å². The zero-order chi connectivity index (χ0) is 12.3. The van der Waals surface area contributed by atoms with E-state index in [1.54, 1.807) is 18.3 Å². The first-order valence-electron chi connectivity index (χ1n) is 5.00. The highest BCUT2D eigenvalue weighted by atomic mass is 35.5. The Hall–Kier alpha value is -1.94. The molecule has 1 amide bonds. The summed E-state index contributed by atoms with van der Waals surface area (Å²) in [5, 5.41) is 3.04.